The van der Waals surface area contributed by atoms with Crippen molar-refractivity contribution in [3.63, 3.8) is 0 Å². The zero-order valence-corrected chi connectivity index (χ0v) is 16.0. The molecule has 0 bridgehead atoms. The molecule has 1 N–H and O–H groups in total. The summed E-state index contributed by atoms with van der Waals surface area (Å²) in [5.41, 5.74) is 1.09. The van der Waals surface area contributed by atoms with Crippen LogP contribution in [0.1, 0.15) is 19.4 Å². The number of nitrogens with one attached hydrogen (secondary N) is 1. The summed E-state index contributed by atoms with van der Waals surface area (Å²) in [6, 6.07) is 17.0. The number of ether oxygens (including phenoxy) is 2. The van der Waals surface area contributed by atoms with Crippen molar-refractivity contribution in [1.82, 2.24) is 10.2 Å². The van der Waals surface area contributed by atoms with Gasteiger partial charge in [-0.15, -0.1) is 0 Å². The molecule has 0 heterocycles. The first kappa shape index (κ1) is 20.3. The van der Waals surface area contributed by atoms with Gasteiger partial charge in [-0.2, -0.15) is 0 Å². The van der Waals surface area contributed by atoms with E-state index in [-0.39, 0.29) is 31.0 Å². The minimum absolute atomic E-state index is 0.00658. The Morgan fingerprint density at radius 2 is 1.56 bits per heavy atom. The first-order chi connectivity index (χ1) is 12.9. The van der Waals surface area contributed by atoms with E-state index in [1.54, 1.807) is 31.3 Å². The molecule has 2 rings (SSSR count). The number of carbonyl (C=O) groups is 2. The molecule has 6 nitrogen and oxygen atoms in total. The van der Waals surface area contributed by atoms with Gasteiger partial charge in [0, 0.05) is 13.1 Å². The molecule has 2 amide bonds. The van der Waals surface area contributed by atoms with Gasteiger partial charge >= 0.3 is 0 Å². The minimum atomic E-state index is -0.265. The second-order valence-electron chi connectivity index (χ2n) is 6.51. The smallest absolute Gasteiger partial charge is 0.260 e. The highest BCUT2D eigenvalue weighted by molar-refractivity contribution is 5.85. The van der Waals surface area contributed by atoms with Crippen LogP contribution in [0.3, 0.4) is 0 Å². The van der Waals surface area contributed by atoms with Gasteiger partial charge in [-0.3, -0.25) is 9.59 Å². The molecule has 2 aromatic rings. The normalized spacial score (nSPS) is 10.4. The van der Waals surface area contributed by atoms with Crippen molar-refractivity contribution in [2.75, 3.05) is 20.2 Å². The third-order valence-electron chi connectivity index (χ3n) is 3.69. The van der Waals surface area contributed by atoms with Gasteiger partial charge in [-0.25, -0.2) is 0 Å². The zero-order valence-electron chi connectivity index (χ0n) is 16.0. The largest absolute Gasteiger partial charge is 0.489 e. The molecule has 0 aliphatic rings. The molecule has 0 aliphatic carbocycles. The van der Waals surface area contributed by atoms with Gasteiger partial charge in [0.1, 0.15) is 18.1 Å². The fourth-order valence-electron chi connectivity index (χ4n) is 2.30. The van der Waals surface area contributed by atoms with E-state index in [0.29, 0.717) is 12.4 Å². The van der Waals surface area contributed by atoms with Gasteiger partial charge in [0.2, 0.25) is 5.91 Å². The van der Waals surface area contributed by atoms with E-state index < -0.39 is 0 Å². The van der Waals surface area contributed by atoms with Crippen molar-refractivity contribution in [2.45, 2.75) is 26.5 Å². The molecule has 0 saturated carbocycles. The van der Waals surface area contributed by atoms with Crippen LogP contribution in [0.4, 0.5) is 0 Å². The fourth-order valence-corrected chi connectivity index (χ4v) is 2.30. The number of rotatable bonds is 9. The Hall–Kier alpha value is -3.02. The topological polar surface area (TPSA) is 67.9 Å². The van der Waals surface area contributed by atoms with Crippen LogP contribution in [-0.2, 0) is 16.2 Å². The predicted octanol–water partition coefficient (Wildman–Crippen LogP) is 2.63. The first-order valence-electron chi connectivity index (χ1n) is 8.87. The van der Waals surface area contributed by atoms with E-state index in [0.717, 1.165) is 11.3 Å². The summed E-state index contributed by atoms with van der Waals surface area (Å²) >= 11 is 0. The van der Waals surface area contributed by atoms with Crippen LogP contribution in [0.25, 0.3) is 0 Å². The Bertz CT molecular complexity index is 730. The molecule has 0 unspecified atom stereocenters. The van der Waals surface area contributed by atoms with E-state index in [1.807, 2.05) is 44.2 Å². The van der Waals surface area contributed by atoms with Crippen LogP contribution in [0.15, 0.2) is 54.6 Å². The molecule has 0 atom stereocenters. The molecule has 27 heavy (non-hydrogen) atoms. The SMILES string of the molecule is CC(C)NC(=O)CN(C)C(=O)COc1ccc(OCc2ccccc2)cc1. The molecular formula is C21H26N2O4. The Morgan fingerprint density at radius 1 is 0.963 bits per heavy atom. The van der Waals surface area contributed by atoms with Gasteiger partial charge in [0.25, 0.3) is 5.91 Å². The monoisotopic (exact) mass is 370 g/mol. The van der Waals surface area contributed by atoms with Crippen LogP contribution in [0.5, 0.6) is 11.5 Å². The molecule has 6 heteroatoms. The van der Waals surface area contributed by atoms with E-state index in [1.165, 1.54) is 4.90 Å². The minimum Gasteiger partial charge on any atom is -0.489 e. The van der Waals surface area contributed by atoms with Gasteiger partial charge in [-0.05, 0) is 43.7 Å². The van der Waals surface area contributed by atoms with Crippen LogP contribution in [-0.4, -0.2) is 43.0 Å². The summed E-state index contributed by atoms with van der Waals surface area (Å²) in [6.45, 7) is 4.11. The molecule has 0 spiro atoms. The van der Waals surface area contributed by atoms with Crippen molar-refractivity contribution in [3.8, 4) is 11.5 Å². The lowest BCUT2D eigenvalue weighted by Crippen LogP contribution is -2.42. The lowest BCUT2D eigenvalue weighted by atomic mass is 10.2. The average Bonchev–Trinajstić information content (AvgIpc) is 2.65. The van der Waals surface area contributed by atoms with Crippen molar-refractivity contribution in [3.05, 3.63) is 60.2 Å². The molecule has 0 saturated heterocycles. The molecule has 0 radical (unpaired) electrons. The molecule has 0 aliphatic heterocycles. The van der Waals surface area contributed by atoms with Crippen molar-refractivity contribution in [1.29, 1.82) is 0 Å². The maximum atomic E-state index is 12.1. The summed E-state index contributed by atoms with van der Waals surface area (Å²) in [7, 11) is 1.58. The Balaban J connectivity index is 1.75. The van der Waals surface area contributed by atoms with Gasteiger partial charge in [0.15, 0.2) is 6.61 Å². The summed E-state index contributed by atoms with van der Waals surface area (Å²) in [5, 5.41) is 2.74. The number of amides is 2. The van der Waals surface area contributed by atoms with E-state index >= 15 is 0 Å². The first-order valence-corrected chi connectivity index (χ1v) is 8.87. The average molecular weight is 370 g/mol. The second kappa shape index (κ2) is 10.2. The molecule has 0 aromatic heterocycles. The van der Waals surface area contributed by atoms with Gasteiger partial charge in [-0.1, -0.05) is 30.3 Å². The molecule has 0 fully saturated rings. The summed E-state index contributed by atoms with van der Waals surface area (Å²) < 4.78 is 11.2. The summed E-state index contributed by atoms with van der Waals surface area (Å²) in [6.07, 6.45) is 0. The van der Waals surface area contributed by atoms with Crippen LogP contribution >= 0.6 is 0 Å². The van der Waals surface area contributed by atoms with Crippen LogP contribution in [0.2, 0.25) is 0 Å². The molecule has 144 valence electrons. The Labute approximate surface area is 160 Å². The van der Waals surface area contributed by atoms with Crippen LogP contribution in [0, 0.1) is 0 Å². The van der Waals surface area contributed by atoms with E-state index in [2.05, 4.69) is 5.32 Å². The molecule has 2 aromatic carbocycles. The quantitative estimate of drug-likeness (QED) is 0.737. The van der Waals surface area contributed by atoms with Crippen molar-refractivity contribution >= 4 is 11.8 Å². The number of nitrogens with zero attached hydrogens (tertiary/aromatic N) is 1. The number of hydrogen-bond donors (Lipinski definition) is 1. The lowest BCUT2D eigenvalue weighted by molar-refractivity contribution is -0.136. The highest BCUT2D eigenvalue weighted by Crippen LogP contribution is 2.18. The van der Waals surface area contributed by atoms with Gasteiger partial charge in [0.05, 0.1) is 6.54 Å². The maximum absolute atomic E-state index is 12.1. The standard InChI is InChI=1S/C21H26N2O4/c1-16(2)22-20(24)13-23(3)21(25)15-27-19-11-9-18(10-12-19)26-14-17-7-5-4-6-8-17/h4-12,16H,13-15H2,1-3H3,(H,22,24). The number of hydrogen-bond acceptors (Lipinski definition) is 4. The highest BCUT2D eigenvalue weighted by Gasteiger charge is 2.14. The Kier molecular flexibility index (Phi) is 7.67. The second-order valence-corrected chi connectivity index (χ2v) is 6.51. The molecular weight excluding hydrogens is 344 g/mol. The zero-order chi connectivity index (χ0) is 19.6. The maximum Gasteiger partial charge on any atom is 0.260 e. The van der Waals surface area contributed by atoms with E-state index in [4.69, 9.17) is 9.47 Å². The van der Waals surface area contributed by atoms with Gasteiger partial charge < -0.3 is 19.7 Å². The number of likely N-dealkylation sites (N-methyl/N-ethyl adjacent to an activating group) is 1. The fraction of sp³-hybridized carbons (Fsp3) is 0.333. The predicted molar refractivity (Wildman–Crippen MR) is 104 cm³/mol. The summed E-state index contributed by atoms with van der Waals surface area (Å²) in [4.78, 5) is 25.1. The highest BCUT2D eigenvalue weighted by atomic mass is 16.5. The number of benzene rings is 2. The Morgan fingerprint density at radius 3 is 2.15 bits per heavy atom. The third-order valence-corrected chi connectivity index (χ3v) is 3.69. The van der Waals surface area contributed by atoms with Crippen molar-refractivity contribution < 1.29 is 19.1 Å². The van der Waals surface area contributed by atoms with Crippen LogP contribution < -0.4 is 14.8 Å². The van der Waals surface area contributed by atoms with E-state index in [9.17, 15) is 9.59 Å². The summed E-state index contributed by atoms with van der Waals surface area (Å²) in [5.74, 6) is 0.828. The third kappa shape index (κ3) is 7.40. The lowest BCUT2D eigenvalue weighted by Gasteiger charge is -2.18. The number of carbonyl (C=O) groups excluding carboxylic acids is 2. The van der Waals surface area contributed by atoms with Crippen molar-refractivity contribution in [2.24, 2.45) is 0 Å².